The molecule has 2 aliphatic carbocycles. The zero-order valence-corrected chi connectivity index (χ0v) is 36.1. The second kappa shape index (κ2) is 17.1. The fraction of sp³-hybridized carbons (Fsp3) is 0.500. The van der Waals surface area contributed by atoms with Crippen molar-refractivity contribution >= 4 is 55.7 Å². The number of sulfonamides is 1. The molecule has 5 atom stereocenters. The van der Waals surface area contributed by atoms with Crippen molar-refractivity contribution in [3.05, 3.63) is 66.7 Å². The second-order valence-electron chi connectivity index (χ2n) is 18.2. The summed E-state index contributed by atoms with van der Waals surface area (Å²) in [6.45, 7) is 14.7. The summed E-state index contributed by atoms with van der Waals surface area (Å²) < 4.78 is 83.9. The van der Waals surface area contributed by atoms with Crippen LogP contribution >= 0.6 is 0 Å². The molecule has 3 N–H and O–H groups in total. The number of hydrogen-bond donors (Lipinski definition) is 3. The van der Waals surface area contributed by atoms with Crippen LogP contribution in [0.15, 0.2) is 65.6 Å². The van der Waals surface area contributed by atoms with Gasteiger partial charge in [-0.05, 0) is 75.6 Å². The highest BCUT2D eigenvalue weighted by Gasteiger charge is 2.61. The molecule has 2 aromatic carbocycles. The number of alkyl halides is 3. The summed E-state index contributed by atoms with van der Waals surface area (Å²) in [5.41, 5.74) is -1.45. The van der Waals surface area contributed by atoms with Gasteiger partial charge in [0.1, 0.15) is 22.8 Å². The van der Waals surface area contributed by atoms with E-state index in [0.29, 0.717) is 41.3 Å². The largest absolute Gasteiger partial charge is 0.481 e. The maximum atomic E-state index is 13.4. The van der Waals surface area contributed by atoms with Crippen molar-refractivity contribution in [2.75, 3.05) is 6.54 Å². The number of esters is 1. The number of halogens is 3. The highest BCUT2D eigenvalue weighted by molar-refractivity contribution is 7.90. The van der Waals surface area contributed by atoms with Crippen molar-refractivity contribution in [3.8, 4) is 17.3 Å². The normalized spacial score (nSPS) is 22.0. The lowest BCUT2D eigenvalue weighted by Gasteiger charge is -2.27. The van der Waals surface area contributed by atoms with E-state index in [-0.39, 0.29) is 54.8 Å². The molecule has 3 heterocycles. The zero-order chi connectivity index (χ0) is 45.6. The number of para-hydroxylation sites is 1. The first-order valence-corrected chi connectivity index (χ1v) is 21.8. The number of nitrogens with one attached hydrogen (secondary N) is 2. The quantitative estimate of drug-likeness (QED) is 0.0886. The van der Waals surface area contributed by atoms with Crippen LogP contribution in [0.5, 0.6) is 5.88 Å². The first kappa shape index (κ1) is 46.2. The lowest BCUT2D eigenvalue weighted by Crippen LogP contribution is -2.42. The maximum Gasteiger partial charge on any atom is 0.416 e. The van der Waals surface area contributed by atoms with Crippen LogP contribution in [0.1, 0.15) is 85.6 Å². The third-order valence-electron chi connectivity index (χ3n) is 11.1. The fourth-order valence-electron chi connectivity index (χ4n) is 7.41. The molecule has 0 radical (unpaired) electrons. The number of nitrogens with zero attached hydrogens (tertiary/aromatic N) is 2. The van der Waals surface area contributed by atoms with Crippen LogP contribution in [0.25, 0.3) is 33.5 Å². The molecule has 1 amide bonds. The van der Waals surface area contributed by atoms with Gasteiger partial charge in [0.2, 0.25) is 21.5 Å². The molecule has 62 heavy (non-hydrogen) atoms. The van der Waals surface area contributed by atoms with Gasteiger partial charge in [0.05, 0.1) is 34.6 Å². The Kier molecular flexibility index (Phi) is 12.7. The molecular formula is C44H51F3N4O10S. The third kappa shape index (κ3) is 10.6. The minimum Gasteiger partial charge on any atom is -0.481 e. The van der Waals surface area contributed by atoms with E-state index in [0.717, 1.165) is 12.1 Å². The van der Waals surface area contributed by atoms with Gasteiger partial charge in [0.15, 0.2) is 11.6 Å². The number of carboxylic acids is 1. The van der Waals surface area contributed by atoms with E-state index in [2.05, 4.69) is 26.6 Å². The zero-order valence-electron chi connectivity index (χ0n) is 35.3. The number of ketones is 1. The number of fused-ring (bicyclic) bond motifs is 3. The van der Waals surface area contributed by atoms with Gasteiger partial charge >= 0.3 is 18.1 Å². The van der Waals surface area contributed by atoms with Crippen LogP contribution in [0.2, 0.25) is 0 Å². The molecule has 0 unspecified atom stereocenters. The van der Waals surface area contributed by atoms with Gasteiger partial charge in [-0.3, -0.25) is 23.9 Å². The number of benzene rings is 2. The molecule has 14 nitrogen and oxygen atoms in total. The Balaban J connectivity index is 0.000000342. The van der Waals surface area contributed by atoms with Crippen molar-refractivity contribution < 1.29 is 59.8 Å². The van der Waals surface area contributed by atoms with E-state index < -0.39 is 79.4 Å². The van der Waals surface area contributed by atoms with Crippen LogP contribution in [0.4, 0.5) is 13.2 Å². The first-order valence-electron chi connectivity index (χ1n) is 20.2. The second-order valence-corrected chi connectivity index (χ2v) is 20.2. The van der Waals surface area contributed by atoms with E-state index >= 15 is 0 Å². The predicted octanol–water partition coefficient (Wildman–Crippen LogP) is 7.40. The van der Waals surface area contributed by atoms with Gasteiger partial charge in [0.25, 0.3) is 5.88 Å². The highest BCUT2D eigenvalue weighted by Crippen LogP contribution is 2.57. The number of ether oxygens (including phenoxy) is 2. The summed E-state index contributed by atoms with van der Waals surface area (Å²) in [5.74, 6) is -3.17. The summed E-state index contributed by atoms with van der Waals surface area (Å²) in [7, 11) is -3.77. The maximum absolute atomic E-state index is 13.4. The van der Waals surface area contributed by atoms with Crippen molar-refractivity contribution in [1.29, 1.82) is 0 Å². The Bertz CT molecular complexity index is 2490. The molecule has 334 valence electrons. The van der Waals surface area contributed by atoms with Gasteiger partial charge < -0.3 is 24.3 Å². The Hall–Kier alpha value is -5.36. The number of amides is 1. The summed E-state index contributed by atoms with van der Waals surface area (Å²) >= 11 is 0. The van der Waals surface area contributed by atoms with Crippen molar-refractivity contribution in [1.82, 2.24) is 20.0 Å². The van der Waals surface area contributed by atoms with Crippen LogP contribution in [-0.2, 0) is 40.1 Å². The summed E-state index contributed by atoms with van der Waals surface area (Å²) in [6.07, 6.45) is -2.13. The molecule has 3 aliphatic rings. The third-order valence-corrected chi connectivity index (χ3v) is 12.9. The fourth-order valence-corrected chi connectivity index (χ4v) is 8.79. The van der Waals surface area contributed by atoms with Crippen LogP contribution < -0.4 is 14.8 Å². The number of carbonyl (C=O) groups is 4. The Morgan fingerprint density at radius 1 is 1.03 bits per heavy atom. The Labute approximate surface area is 357 Å². The number of Topliss-reactive ketones (excluding diaryl/α,β-unsaturated/α-hetero) is 1. The Morgan fingerprint density at radius 3 is 2.26 bits per heavy atom. The summed E-state index contributed by atoms with van der Waals surface area (Å²) in [6, 6.07) is 11.0. The molecule has 18 heteroatoms. The van der Waals surface area contributed by atoms with Gasteiger partial charge in [-0.1, -0.05) is 51.1 Å². The van der Waals surface area contributed by atoms with Crippen LogP contribution in [0, 0.1) is 22.7 Å². The predicted molar refractivity (Wildman–Crippen MR) is 222 cm³/mol. The molecule has 3 fully saturated rings. The highest BCUT2D eigenvalue weighted by atomic mass is 32.2. The molecule has 1 saturated heterocycles. The van der Waals surface area contributed by atoms with Gasteiger partial charge in [-0.25, -0.2) is 13.4 Å². The molecule has 7 rings (SSSR count). The summed E-state index contributed by atoms with van der Waals surface area (Å²) in [5, 5.41) is 12.3. The molecule has 2 saturated carbocycles. The van der Waals surface area contributed by atoms with Crippen molar-refractivity contribution in [2.24, 2.45) is 22.7 Å². The average molecular weight is 885 g/mol. The average Bonchev–Trinajstić information content (AvgIpc) is 4.07. The van der Waals surface area contributed by atoms with Gasteiger partial charge in [-0.2, -0.15) is 18.2 Å². The molecule has 2 aromatic heterocycles. The minimum atomic E-state index is -4.49. The molecule has 1 aliphatic heterocycles. The number of carboxylic acid groups (broad SMARTS) is 1. The number of aliphatic carboxylic acids is 1. The van der Waals surface area contributed by atoms with Crippen molar-refractivity contribution in [3.63, 3.8) is 0 Å². The minimum absolute atomic E-state index is 0.0750. The van der Waals surface area contributed by atoms with Gasteiger partial charge in [-0.15, -0.1) is 6.58 Å². The number of allylic oxidation sites excluding steroid dienone is 1. The molecule has 0 spiro atoms. The topological polar surface area (TPSA) is 204 Å². The van der Waals surface area contributed by atoms with Gasteiger partial charge in [0, 0.05) is 30.3 Å². The van der Waals surface area contributed by atoms with E-state index in [1.165, 1.54) is 12.1 Å². The number of aromatic nitrogens is 2. The number of furan rings is 1. The Morgan fingerprint density at radius 2 is 1.69 bits per heavy atom. The standard InChI is InChI=1S/C32H29F3N4O6S.C12H22O4/c1-2-18-14-31(18,30(41)39-46(42,43)21-11-12-21)15-24(40)23-13-20(16-36-23)44-29-27-26(22-5-3-4-6-25(22)45-27)37-28(38-29)17-7-9-19(10-8-17)32(33,34)35;1-11(2,3)8(10(14)15)7-9(13)16-12(4,5)6/h2-10,18,20-21,23,36H,1,11-16H2,(H,39,41);8H,7H2,1-6H3,(H,14,15)/t18-,20-,23+,31-;8-/m11/s1. The van der Waals surface area contributed by atoms with E-state index in [1.807, 2.05) is 0 Å². The molecule has 0 bridgehead atoms. The van der Waals surface area contributed by atoms with E-state index in [1.54, 1.807) is 71.9 Å². The lowest BCUT2D eigenvalue weighted by atomic mass is 9.79. The molecule has 4 aromatic rings. The van der Waals surface area contributed by atoms with Crippen molar-refractivity contribution in [2.45, 2.75) is 109 Å². The number of rotatable bonds is 13. The van der Waals surface area contributed by atoms with E-state index in [4.69, 9.17) is 19.0 Å². The molecular weight excluding hydrogens is 834 g/mol. The lowest BCUT2D eigenvalue weighted by molar-refractivity contribution is -0.162. The smallest absolute Gasteiger partial charge is 0.416 e. The van der Waals surface area contributed by atoms with Crippen LogP contribution in [0.3, 0.4) is 0 Å². The summed E-state index contributed by atoms with van der Waals surface area (Å²) in [4.78, 5) is 58.2. The van der Waals surface area contributed by atoms with Crippen LogP contribution in [-0.4, -0.2) is 76.7 Å². The first-order chi connectivity index (χ1) is 28.8. The number of hydrogen-bond acceptors (Lipinski definition) is 12. The SMILES string of the molecule is C=C[C@@H]1C[C@]1(CC(=O)[C@@H]1C[C@@H](Oc2nc(-c3ccc(C(F)(F)F)cc3)nc3c2oc2ccccc23)CN1)C(=O)NS(=O)(=O)C1CC1.CC(C)(C)OC(=O)C[C@H](C(=O)O)C(C)(C)C. The van der Waals surface area contributed by atoms with E-state index in [9.17, 15) is 40.8 Å². The monoisotopic (exact) mass is 884 g/mol. The number of carbonyl (C=O) groups excluding carboxylic acids is 3.